The molecule has 75 heavy (non-hydrogen) atoms. The lowest BCUT2D eigenvalue weighted by Gasteiger charge is -2.45. The molecule has 0 unspecified atom stereocenters. The zero-order valence-electron chi connectivity index (χ0n) is 45.8. The summed E-state index contributed by atoms with van der Waals surface area (Å²) in [6.07, 6.45) is 5.63. The van der Waals surface area contributed by atoms with Gasteiger partial charge in [-0.25, -0.2) is 0 Å². The minimum Gasteiger partial charge on any atom is -0.347 e. The lowest BCUT2D eigenvalue weighted by Crippen LogP contribution is -2.67. The number of nitrogens with one attached hydrogen (secondary N) is 7. The third-order valence-electron chi connectivity index (χ3n) is 16.1. The van der Waals surface area contributed by atoms with Gasteiger partial charge in [0.15, 0.2) is 0 Å². The molecule has 0 aromatic heterocycles. The van der Waals surface area contributed by atoms with Gasteiger partial charge in [-0.15, -0.1) is 0 Å². The van der Waals surface area contributed by atoms with Gasteiger partial charge in [0.25, 0.3) is 0 Å². The van der Waals surface area contributed by atoms with Gasteiger partial charge in [-0.2, -0.15) is 0 Å². The summed E-state index contributed by atoms with van der Waals surface area (Å²) in [5.41, 5.74) is 2.91. The molecule has 7 rings (SSSR count). The minimum atomic E-state index is -1.08. The molecule has 10 atom stereocenters. The highest BCUT2D eigenvalue weighted by atomic mass is 16.2. The van der Waals surface area contributed by atoms with Crippen molar-refractivity contribution < 1.29 is 38.4 Å². The van der Waals surface area contributed by atoms with Gasteiger partial charge in [-0.1, -0.05) is 90.1 Å². The van der Waals surface area contributed by atoms with Crippen LogP contribution in [-0.4, -0.2) is 169 Å². The number of benzene rings is 2. The number of fused-ring (bicyclic) bond motifs is 2. The first-order valence-electron chi connectivity index (χ1n) is 27.2. The molecule has 7 N–H and O–H groups in total. The van der Waals surface area contributed by atoms with E-state index in [1.54, 1.807) is 37.7 Å². The Morgan fingerprint density at radius 1 is 0.547 bits per heavy atom. The summed E-state index contributed by atoms with van der Waals surface area (Å²) in [6.45, 7) is 14.7. The second kappa shape index (κ2) is 24.0. The van der Waals surface area contributed by atoms with E-state index in [1.807, 2.05) is 77.9 Å². The Labute approximate surface area is 443 Å². The molecular formula is C56H83N11O8. The predicted octanol–water partition coefficient (Wildman–Crippen LogP) is 1.85. The normalized spacial score (nSPS) is 24.6. The molecule has 3 aliphatic heterocycles. The van der Waals surface area contributed by atoms with Crippen molar-refractivity contribution in [1.29, 1.82) is 0 Å². The van der Waals surface area contributed by atoms with Gasteiger partial charge in [0.05, 0.1) is 49.3 Å². The van der Waals surface area contributed by atoms with Crippen LogP contribution in [-0.2, 0) is 51.2 Å². The topological polar surface area (TPSA) is 234 Å². The van der Waals surface area contributed by atoms with Gasteiger partial charge in [-0.3, -0.25) is 43.7 Å². The molecule has 3 fully saturated rings. The van der Waals surface area contributed by atoms with Crippen LogP contribution in [0.25, 0.3) is 0 Å². The van der Waals surface area contributed by atoms with E-state index in [2.05, 4.69) is 49.4 Å². The van der Waals surface area contributed by atoms with E-state index in [-0.39, 0.29) is 75.0 Å². The van der Waals surface area contributed by atoms with Gasteiger partial charge in [0.2, 0.25) is 47.3 Å². The fraction of sp³-hybridized carbons (Fsp3) is 0.643. The Hall–Kier alpha value is -5.92. The van der Waals surface area contributed by atoms with Crippen LogP contribution >= 0.6 is 0 Å². The smallest absolute Gasteiger partial charge is 0.246 e. The van der Waals surface area contributed by atoms with Crippen LogP contribution in [0.15, 0.2) is 48.5 Å². The van der Waals surface area contributed by atoms with Gasteiger partial charge < -0.3 is 51.5 Å². The van der Waals surface area contributed by atoms with Crippen LogP contribution in [0.5, 0.6) is 0 Å². The molecule has 19 heteroatoms. The van der Waals surface area contributed by atoms with Crippen molar-refractivity contribution >= 4 is 47.3 Å². The maximum atomic E-state index is 14.7. The first kappa shape index (κ1) is 56.8. The summed E-state index contributed by atoms with van der Waals surface area (Å²) in [6, 6.07) is 8.64. The molecule has 3 heterocycles. The van der Waals surface area contributed by atoms with Crippen molar-refractivity contribution in [3.05, 3.63) is 70.8 Å². The predicted molar refractivity (Wildman–Crippen MR) is 284 cm³/mol. The Balaban J connectivity index is 1.08. The fourth-order valence-electron chi connectivity index (χ4n) is 11.3. The van der Waals surface area contributed by atoms with Gasteiger partial charge >= 0.3 is 0 Å². The number of rotatable bonds is 14. The minimum absolute atomic E-state index is 0.0379. The molecule has 0 radical (unpaired) electrons. The SMILES string of the molecule is CN[C@@H](C)C(=O)N[C@H](C(=O)N1CCN(C(=O)[C@@H]2CC[C@H](C(=O)N3CCN(C(=O)[C@@H](NC(=O)[C@H](C)NC)C(C)(C)C)[C@H](C(=O)N[C@@H]4CCCc5ccccc54)C3)N2)C[C@H]1C(=O)N[C@@H]1CCCc2ccccc21)C(C)(C)C. The number of aryl methyl sites for hydroxylation is 2. The number of nitrogens with zero attached hydrogens (tertiary/aromatic N) is 4. The number of hydrogen-bond donors (Lipinski definition) is 7. The summed E-state index contributed by atoms with van der Waals surface area (Å²) in [7, 11) is 3.32. The lowest BCUT2D eigenvalue weighted by molar-refractivity contribution is -0.153. The third-order valence-corrected chi connectivity index (χ3v) is 16.1. The lowest BCUT2D eigenvalue weighted by atomic mass is 9.85. The highest BCUT2D eigenvalue weighted by Crippen LogP contribution is 2.33. The Morgan fingerprint density at radius 3 is 1.28 bits per heavy atom. The van der Waals surface area contributed by atoms with E-state index >= 15 is 0 Å². The molecule has 2 aromatic rings. The Kier molecular flexibility index (Phi) is 18.1. The summed E-state index contributed by atoms with van der Waals surface area (Å²) < 4.78 is 0. The van der Waals surface area contributed by atoms with Crippen molar-refractivity contribution in [1.82, 2.24) is 56.8 Å². The van der Waals surface area contributed by atoms with Gasteiger partial charge in [-0.05, 0) is 112 Å². The average molecular weight is 1040 g/mol. The Morgan fingerprint density at radius 2 is 0.920 bits per heavy atom. The number of carbonyl (C=O) groups excluding carboxylic acids is 8. The van der Waals surface area contributed by atoms with E-state index in [1.165, 1.54) is 9.80 Å². The van der Waals surface area contributed by atoms with Crippen molar-refractivity contribution in [3.63, 3.8) is 0 Å². The van der Waals surface area contributed by atoms with Crippen molar-refractivity contribution in [2.75, 3.05) is 53.4 Å². The number of piperazine rings is 2. The summed E-state index contributed by atoms with van der Waals surface area (Å²) >= 11 is 0. The first-order valence-corrected chi connectivity index (χ1v) is 27.2. The van der Waals surface area contributed by atoms with E-state index in [0.29, 0.717) is 25.7 Å². The molecule has 0 bridgehead atoms. The molecule has 410 valence electrons. The van der Waals surface area contributed by atoms with E-state index in [9.17, 15) is 38.4 Å². The second-order valence-electron chi connectivity index (χ2n) is 23.5. The van der Waals surface area contributed by atoms with E-state index < -0.39 is 82.8 Å². The van der Waals surface area contributed by atoms with E-state index in [0.717, 1.165) is 47.9 Å². The van der Waals surface area contributed by atoms with Crippen molar-refractivity contribution in [2.45, 2.75) is 167 Å². The van der Waals surface area contributed by atoms with Gasteiger partial charge in [0.1, 0.15) is 24.2 Å². The van der Waals surface area contributed by atoms with Crippen molar-refractivity contribution in [2.24, 2.45) is 10.8 Å². The second-order valence-corrected chi connectivity index (χ2v) is 23.5. The summed E-state index contributed by atoms with van der Waals surface area (Å²) in [5, 5.41) is 21.5. The highest BCUT2D eigenvalue weighted by Gasteiger charge is 2.48. The van der Waals surface area contributed by atoms with Crippen LogP contribution in [0.2, 0.25) is 0 Å². The average Bonchev–Trinajstić information content (AvgIpc) is 3.90. The van der Waals surface area contributed by atoms with Crippen LogP contribution in [0, 0.1) is 10.8 Å². The van der Waals surface area contributed by atoms with Crippen molar-refractivity contribution in [3.8, 4) is 0 Å². The van der Waals surface area contributed by atoms with Crippen LogP contribution in [0.4, 0.5) is 0 Å². The first-order chi connectivity index (χ1) is 35.5. The molecule has 8 amide bonds. The molecule has 0 saturated carbocycles. The molecule has 2 aliphatic carbocycles. The molecule has 19 nitrogen and oxygen atoms in total. The summed E-state index contributed by atoms with van der Waals surface area (Å²) in [4.78, 5) is 121. The van der Waals surface area contributed by atoms with Crippen LogP contribution < -0.4 is 37.2 Å². The van der Waals surface area contributed by atoms with Gasteiger partial charge in [0, 0.05) is 26.2 Å². The molecule has 5 aliphatic rings. The number of amides is 8. The highest BCUT2D eigenvalue weighted by molar-refractivity contribution is 5.96. The fourth-order valence-corrected chi connectivity index (χ4v) is 11.3. The van der Waals surface area contributed by atoms with Crippen LogP contribution in [0.3, 0.4) is 0 Å². The molecular weight excluding hydrogens is 955 g/mol. The maximum absolute atomic E-state index is 14.7. The zero-order chi connectivity index (χ0) is 54.5. The van der Waals surface area contributed by atoms with E-state index in [4.69, 9.17) is 0 Å². The monoisotopic (exact) mass is 1040 g/mol. The zero-order valence-corrected chi connectivity index (χ0v) is 45.8. The molecule has 0 spiro atoms. The summed E-state index contributed by atoms with van der Waals surface area (Å²) in [5.74, 6) is -2.94. The number of hydrogen-bond acceptors (Lipinski definition) is 11. The van der Waals surface area contributed by atoms with Crippen LogP contribution in [0.1, 0.15) is 128 Å². The third kappa shape index (κ3) is 13.0. The molecule has 3 saturated heterocycles. The molecule has 2 aromatic carbocycles. The standard InChI is InChI=1S/C56H83N11O8/c1-33(57-9)47(68)62-45(55(3,4)5)53(74)66-29-27-64(31-43(66)49(70)60-39-23-15-19-35-17-11-13-21-37(35)39)51(72)41-25-26-42(59-41)52(73)65-28-30-67(54(75)46(56(6,7)8)63-48(69)34(2)58-10)44(32-65)50(71)61-40-24-16-20-36-18-12-14-22-38(36)40/h11-14,17-18,21-22,33-34,39-46,57-59H,15-16,19-20,23-32H2,1-10H3,(H,60,70)(H,61,71)(H,62,68)(H,63,69)/t33-,34-,39+,40+,41-,42+,43-,44-,45+,46+/m0/s1. The number of carbonyl (C=O) groups is 8. The maximum Gasteiger partial charge on any atom is 0.246 e. The quantitative estimate of drug-likeness (QED) is 0.144. The Bertz CT molecular complexity index is 2290. The number of likely N-dealkylation sites (N-methyl/N-ethyl adjacent to an activating group) is 2. The largest absolute Gasteiger partial charge is 0.347 e.